The van der Waals surface area contributed by atoms with Crippen LogP contribution in [0.25, 0.3) is 0 Å². The summed E-state index contributed by atoms with van der Waals surface area (Å²) in [5.74, 6) is -0.849. The number of aliphatic carboxylic acids is 1. The Morgan fingerprint density at radius 1 is 1.91 bits per heavy atom. The summed E-state index contributed by atoms with van der Waals surface area (Å²) in [6.45, 7) is 0. The SMILES string of the molecule is O=C(O)[C@H](Br)Cc1cscn1. The van der Waals surface area contributed by atoms with Crippen LogP contribution in [-0.4, -0.2) is 20.9 Å². The molecule has 0 spiro atoms. The van der Waals surface area contributed by atoms with Crippen LogP contribution >= 0.6 is 27.3 Å². The number of rotatable bonds is 3. The molecule has 60 valence electrons. The Morgan fingerprint density at radius 2 is 2.64 bits per heavy atom. The van der Waals surface area contributed by atoms with Crippen molar-refractivity contribution >= 4 is 33.2 Å². The minimum absolute atomic E-state index is 0.443. The smallest absolute Gasteiger partial charge is 0.317 e. The fraction of sp³-hybridized carbons (Fsp3) is 0.333. The average molecular weight is 236 g/mol. The molecule has 0 unspecified atom stereocenters. The van der Waals surface area contributed by atoms with Gasteiger partial charge >= 0.3 is 5.97 Å². The Balaban J connectivity index is 2.50. The zero-order valence-corrected chi connectivity index (χ0v) is 7.93. The summed E-state index contributed by atoms with van der Waals surface area (Å²) < 4.78 is 0. The number of nitrogens with zero attached hydrogens (tertiary/aromatic N) is 1. The van der Waals surface area contributed by atoms with E-state index in [1.807, 2.05) is 5.38 Å². The van der Waals surface area contributed by atoms with E-state index >= 15 is 0 Å². The molecule has 0 aliphatic rings. The van der Waals surface area contributed by atoms with Crippen LogP contribution in [0.5, 0.6) is 0 Å². The zero-order chi connectivity index (χ0) is 8.27. The first-order chi connectivity index (χ1) is 5.20. The monoisotopic (exact) mass is 235 g/mol. The van der Waals surface area contributed by atoms with Gasteiger partial charge in [-0.3, -0.25) is 4.79 Å². The van der Waals surface area contributed by atoms with Gasteiger partial charge in [-0.2, -0.15) is 0 Å². The number of thiazole rings is 1. The Hall–Kier alpha value is -0.420. The molecule has 0 saturated heterocycles. The molecule has 0 bridgehead atoms. The van der Waals surface area contributed by atoms with Crippen LogP contribution in [-0.2, 0) is 11.2 Å². The molecule has 0 radical (unpaired) electrons. The van der Waals surface area contributed by atoms with Gasteiger partial charge in [-0.1, -0.05) is 15.9 Å². The van der Waals surface area contributed by atoms with E-state index in [1.165, 1.54) is 11.3 Å². The van der Waals surface area contributed by atoms with Gasteiger partial charge in [0.1, 0.15) is 4.83 Å². The molecule has 1 N–H and O–H groups in total. The van der Waals surface area contributed by atoms with Crippen LogP contribution in [0.1, 0.15) is 5.69 Å². The van der Waals surface area contributed by atoms with Crippen molar-refractivity contribution in [3.63, 3.8) is 0 Å². The highest BCUT2D eigenvalue weighted by molar-refractivity contribution is 9.10. The van der Waals surface area contributed by atoms with E-state index in [1.54, 1.807) is 5.51 Å². The predicted octanol–water partition coefficient (Wildman–Crippen LogP) is 1.53. The number of carbonyl (C=O) groups is 1. The van der Waals surface area contributed by atoms with E-state index in [0.29, 0.717) is 6.42 Å². The number of hydrogen-bond acceptors (Lipinski definition) is 3. The lowest BCUT2D eigenvalue weighted by atomic mass is 10.2. The van der Waals surface area contributed by atoms with Crippen molar-refractivity contribution < 1.29 is 9.90 Å². The molecule has 0 aliphatic carbocycles. The van der Waals surface area contributed by atoms with Crippen molar-refractivity contribution in [3.05, 3.63) is 16.6 Å². The molecule has 1 aromatic heterocycles. The summed E-state index contributed by atoms with van der Waals surface area (Å²) >= 11 is 4.50. The lowest BCUT2D eigenvalue weighted by Crippen LogP contribution is -2.15. The van der Waals surface area contributed by atoms with Crippen molar-refractivity contribution in [1.29, 1.82) is 0 Å². The van der Waals surface area contributed by atoms with Gasteiger partial charge in [-0.15, -0.1) is 11.3 Å². The van der Waals surface area contributed by atoms with Crippen LogP contribution in [0, 0.1) is 0 Å². The second-order valence-corrected chi connectivity index (χ2v) is 3.81. The van der Waals surface area contributed by atoms with E-state index in [-0.39, 0.29) is 0 Å². The summed E-state index contributed by atoms with van der Waals surface area (Å²) in [4.78, 5) is 13.8. The Morgan fingerprint density at radius 3 is 3.09 bits per heavy atom. The third-order valence-corrected chi connectivity index (χ3v) is 2.49. The fourth-order valence-electron chi connectivity index (χ4n) is 0.609. The molecule has 0 fully saturated rings. The largest absolute Gasteiger partial charge is 0.480 e. The molecular formula is C6H6BrNO2S. The summed E-state index contributed by atoms with van der Waals surface area (Å²) in [7, 11) is 0. The normalized spacial score (nSPS) is 12.8. The van der Waals surface area contributed by atoms with Crippen molar-refractivity contribution in [2.45, 2.75) is 11.2 Å². The Labute approximate surface area is 76.2 Å². The maximum Gasteiger partial charge on any atom is 0.317 e. The maximum atomic E-state index is 10.4. The summed E-state index contributed by atoms with van der Waals surface area (Å²) in [6, 6.07) is 0. The first kappa shape index (κ1) is 8.67. The van der Waals surface area contributed by atoms with Gasteiger partial charge in [0.25, 0.3) is 0 Å². The van der Waals surface area contributed by atoms with Gasteiger partial charge in [0, 0.05) is 11.8 Å². The van der Waals surface area contributed by atoms with Gasteiger partial charge in [0.05, 0.1) is 11.2 Å². The van der Waals surface area contributed by atoms with Crippen molar-refractivity contribution in [2.75, 3.05) is 0 Å². The van der Waals surface area contributed by atoms with Crippen molar-refractivity contribution in [3.8, 4) is 0 Å². The van der Waals surface area contributed by atoms with E-state index in [9.17, 15) is 4.79 Å². The molecule has 1 heterocycles. The molecule has 3 nitrogen and oxygen atoms in total. The Bertz CT molecular complexity index is 237. The van der Waals surface area contributed by atoms with Crippen LogP contribution < -0.4 is 0 Å². The molecule has 0 saturated carbocycles. The average Bonchev–Trinajstić information content (AvgIpc) is 2.39. The highest BCUT2D eigenvalue weighted by Crippen LogP contribution is 2.09. The third kappa shape index (κ3) is 2.59. The molecule has 1 aromatic rings. The molecule has 0 aliphatic heterocycles. The third-order valence-electron chi connectivity index (χ3n) is 1.14. The molecule has 0 aromatic carbocycles. The molecular weight excluding hydrogens is 230 g/mol. The number of hydrogen-bond donors (Lipinski definition) is 1. The van der Waals surface area contributed by atoms with Gasteiger partial charge in [0.2, 0.25) is 0 Å². The minimum Gasteiger partial charge on any atom is -0.480 e. The standard InChI is InChI=1S/C6H6BrNO2S/c7-5(6(9)10)1-4-2-11-3-8-4/h2-3,5H,1H2,(H,9,10)/t5-/m1/s1. The van der Waals surface area contributed by atoms with Crippen LogP contribution in [0.3, 0.4) is 0 Å². The number of carboxylic acid groups (broad SMARTS) is 1. The van der Waals surface area contributed by atoms with Crippen molar-refractivity contribution in [1.82, 2.24) is 4.98 Å². The zero-order valence-electron chi connectivity index (χ0n) is 5.53. The van der Waals surface area contributed by atoms with Crippen LogP contribution in [0.15, 0.2) is 10.9 Å². The van der Waals surface area contributed by atoms with E-state index < -0.39 is 10.8 Å². The van der Waals surface area contributed by atoms with Crippen molar-refractivity contribution in [2.24, 2.45) is 0 Å². The lowest BCUT2D eigenvalue weighted by molar-refractivity contribution is -0.136. The molecule has 5 heteroatoms. The van der Waals surface area contributed by atoms with Crippen LogP contribution in [0.2, 0.25) is 0 Å². The van der Waals surface area contributed by atoms with E-state index in [2.05, 4.69) is 20.9 Å². The molecule has 0 amide bonds. The summed E-state index contributed by atoms with van der Waals surface area (Å²) in [5.41, 5.74) is 2.51. The van der Waals surface area contributed by atoms with Gasteiger partial charge < -0.3 is 5.11 Å². The molecule has 11 heavy (non-hydrogen) atoms. The van der Waals surface area contributed by atoms with Gasteiger partial charge in [-0.05, 0) is 0 Å². The predicted molar refractivity (Wildman–Crippen MR) is 46.2 cm³/mol. The minimum atomic E-state index is -0.849. The van der Waals surface area contributed by atoms with Gasteiger partial charge in [-0.25, -0.2) is 4.98 Å². The Kier molecular flexibility index (Phi) is 3.02. The summed E-state index contributed by atoms with van der Waals surface area (Å²) in [6.07, 6.45) is 0.443. The van der Waals surface area contributed by atoms with E-state index in [0.717, 1.165) is 5.69 Å². The highest BCUT2D eigenvalue weighted by atomic mass is 79.9. The second kappa shape index (κ2) is 3.82. The number of carboxylic acids is 1. The van der Waals surface area contributed by atoms with Gasteiger partial charge in [0.15, 0.2) is 0 Å². The van der Waals surface area contributed by atoms with Crippen LogP contribution in [0.4, 0.5) is 0 Å². The topological polar surface area (TPSA) is 50.2 Å². The quantitative estimate of drug-likeness (QED) is 0.809. The van der Waals surface area contributed by atoms with E-state index in [4.69, 9.17) is 5.11 Å². The number of alkyl halides is 1. The molecule has 1 atom stereocenters. The first-order valence-corrected chi connectivity index (χ1v) is 4.80. The summed E-state index contributed by atoms with van der Waals surface area (Å²) in [5, 5.41) is 10.4. The fourth-order valence-corrected chi connectivity index (χ4v) is 1.51. The highest BCUT2D eigenvalue weighted by Gasteiger charge is 2.13. The molecule has 1 rings (SSSR count). The lowest BCUT2D eigenvalue weighted by Gasteiger charge is -1.99. The first-order valence-electron chi connectivity index (χ1n) is 2.94. The number of aromatic nitrogens is 1. The maximum absolute atomic E-state index is 10.4. The number of halogens is 1. The second-order valence-electron chi connectivity index (χ2n) is 1.99.